The summed E-state index contributed by atoms with van der Waals surface area (Å²) in [4.78, 5) is 13.6. The standard InChI is InChI=1S/C12H12BNO4/c15-11-7-6-10(13(16)17)12(14-11)18-8-9-4-2-1-3-5-9/h1-7,16-17H,8H2,(H,14,15). The van der Waals surface area contributed by atoms with Crippen LogP contribution in [0.5, 0.6) is 5.88 Å². The van der Waals surface area contributed by atoms with Gasteiger partial charge in [0.15, 0.2) is 5.88 Å². The van der Waals surface area contributed by atoms with E-state index in [1.54, 1.807) is 0 Å². The molecule has 1 aromatic carbocycles. The van der Waals surface area contributed by atoms with Crippen molar-refractivity contribution in [3.8, 4) is 5.88 Å². The van der Waals surface area contributed by atoms with Crippen LogP contribution >= 0.6 is 0 Å². The van der Waals surface area contributed by atoms with Crippen LogP contribution in [0.15, 0.2) is 47.3 Å². The molecule has 0 fully saturated rings. The average Bonchev–Trinajstić information content (AvgIpc) is 2.37. The molecule has 92 valence electrons. The normalized spacial score (nSPS) is 10.1. The molecule has 0 aliphatic rings. The quantitative estimate of drug-likeness (QED) is 0.642. The van der Waals surface area contributed by atoms with Gasteiger partial charge in [-0.1, -0.05) is 36.4 Å². The number of pyridine rings is 1. The number of nitrogens with one attached hydrogen (secondary N) is 1. The van der Waals surface area contributed by atoms with Crippen LogP contribution in [0.3, 0.4) is 0 Å². The Morgan fingerprint density at radius 1 is 1.11 bits per heavy atom. The Hall–Kier alpha value is -2.05. The Morgan fingerprint density at radius 2 is 1.83 bits per heavy atom. The largest absolute Gasteiger partial charge is 0.493 e. The van der Waals surface area contributed by atoms with Crippen LogP contribution in [-0.4, -0.2) is 22.2 Å². The molecule has 5 nitrogen and oxygen atoms in total. The zero-order valence-electron chi connectivity index (χ0n) is 9.54. The Balaban J connectivity index is 2.18. The highest BCUT2D eigenvalue weighted by atomic mass is 16.5. The topological polar surface area (TPSA) is 82.6 Å². The van der Waals surface area contributed by atoms with Crippen molar-refractivity contribution in [3.63, 3.8) is 0 Å². The summed E-state index contributed by atoms with van der Waals surface area (Å²) < 4.78 is 5.39. The molecule has 0 aliphatic heterocycles. The lowest BCUT2D eigenvalue weighted by Gasteiger charge is -2.10. The lowest BCUT2D eigenvalue weighted by molar-refractivity contribution is 0.294. The fourth-order valence-corrected chi connectivity index (χ4v) is 1.52. The van der Waals surface area contributed by atoms with Gasteiger partial charge in [0, 0.05) is 11.5 Å². The molecule has 2 rings (SSSR count). The maximum Gasteiger partial charge on any atom is 0.493 e. The van der Waals surface area contributed by atoms with E-state index in [0.29, 0.717) is 0 Å². The summed E-state index contributed by atoms with van der Waals surface area (Å²) in [5, 5.41) is 18.3. The van der Waals surface area contributed by atoms with E-state index in [-0.39, 0.29) is 23.5 Å². The third-order valence-corrected chi connectivity index (χ3v) is 2.42. The molecule has 2 aromatic rings. The molecule has 0 bridgehead atoms. The molecular weight excluding hydrogens is 233 g/mol. The first-order chi connectivity index (χ1) is 8.66. The fourth-order valence-electron chi connectivity index (χ4n) is 1.52. The molecule has 0 aliphatic carbocycles. The molecule has 0 saturated carbocycles. The summed E-state index contributed by atoms with van der Waals surface area (Å²) in [6.45, 7) is 0.237. The summed E-state index contributed by atoms with van der Waals surface area (Å²) in [7, 11) is -1.69. The van der Waals surface area contributed by atoms with Crippen LogP contribution in [0.1, 0.15) is 5.56 Å². The van der Waals surface area contributed by atoms with Gasteiger partial charge in [0.05, 0.1) is 0 Å². The molecule has 1 aromatic heterocycles. The van der Waals surface area contributed by atoms with E-state index in [2.05, 4.69) is 4.98 Å². The van der Waals surface area contributed by atoms with Crippen LogP contribution in [-0.2, 0) is 6.61 Å². The van der Waals surface area contributed by atoms with E-state index in [9.17, 15) is 4.79 Å². The number of aromatic amines is 1. The van der Waals surface area contributed by atoms with Crippen molar-refractivity contribution in [2.45, 2.75) is 6.61 Å². The van der Waals surface area contributed by atoms with Gasteiger partial charge in [-0.2, -0.15) is 0 Å². The lowest BCUT2D eigenvalue weighted by Crippen LogP contribution is -2.33. The van der Waals surface area contributed by atoms with Crippen molar-refractivity contribution >= 4 is 12.6 Å². The van der Waals surface area contributed by atoms with Gasteiger partial charge < -0.3 is 14.8 Å². The Kier molecular flexibility index (Phi) is 3.81. The second kappa shape index (κ2) is 5.53. The third-order valence-electron chi connectivity index (χ3n) is 2.42. The molecule has 1 heterocycles. The van der Waals surface area contributed by atoms with Gasteiger partial charge in [-0.05, 0) is 5.56 Å². The van der Waals surface area contributed by atoms with E-state index in [1.807, 2.05) is 30.3 Å². The number of aromatic nitrogens is 1. The second-order valence-electron chi connectivity index (χ2n) is 3.75. The smallest absolute Gasteiger partial charge is 0.474 e. The van der Waals surface area contributed by atoms with E-state index < -0.39 is 7.12 Å². The van der Waals surface area contributed by atoms with Crippen molar-refractivity contribution in [2.24, 2.45) is 0 Å². The number of H-pyrrole nitrogens is 1. The van der Waals surface area contributed by atoms with Crippen LogP contribution in [0.2, 0.25) is 0 Å². The molecule has 0 spiro atoms. The fraction of sp³-hybridized carbons (Fsp3) is 0.0833. The van der Waals surface area contributed by atoms with Crippen LogP contribution in [0.4, 0.5) is 0 Å². The first-order valence-corrected chi connectivity index (χ1v) is 5.43. The highest BCUT2D eigenvalue weighted by molar-refractivity contribution is 6.59. The minimum atomic E-state index is -1.69. The number of benzene rings is 1. The van der Waals surface area contributed by atoms with Crippen LogP contribution in [0.25, 0.3) is 0 Å². The van der Waals surface area contributed by atoms with Crippen LogP contribution in [0, 0.1) is 0 Å². The number of hydrogen-bond donors (Lipinski definition) is 3. The summed E-state index contributed by atoms with van der Waals surface area (Å²) >= 11 is 0. The van der Waals surface area contributed by atoms with E-state index in [1.165, 1.54) is 12.1 Å². The van der Waals surface area contributed by atoms with Gasteiger partial charge >= 0.3 is 7.12 Å². The number of rotatable bonds is 4. The van der Waals surface area contributed by atoms with Crippen LogP contribution < -0.4 is 15.8 Å². The first-order valence-electron chi connectivity index (χ1n) is 5.43. The first kappa shape index (κ1) is 12.4. The maximum atomic E-state index is 11.2. The average molecular weight is 245 g/mol. The van der Waals surface area contributed by atoms with Crippen molar-refractivity contribution in [3.05, 3.63) is 58.4 Å². The van der Waals surface area contributed by atoms with Crippen molar-refractivity contribution in [2.75, 3.05) is 0 Å². The molecule has 6 heteroatoms. The zero-order chi connectivity index (χ0) is 13.0. The summed E-state index contributed by atoms with van der Waals surface area (Å²) in [5.74, 6) is 0.0707. The van der Waals surface area contributed by atoms with Gasteiger partial charge in [0.2, 0.25) is 0 Å². The SMILES string of the molecule is O=c1ccc(B(O)O)c(OCc2ccccc2)[nH]1. The highest BCUT2D eigenvalue weighted by Crippen LogP contribution is 2.05. The summed E-state index contributed by atoms with van der Waals surface area (Å²) in [6, 6.07) is 11.9. The van der Waals surface area contributed by atoms with Crippen molar-refractivity contribution in [1.29, 1.82) is 0 Å². The summed E-state index contributed by atoms with van der Waals surface area (Å²) in [5.41, 5.74) is 0.688. The van der Waals surface area contributed by atoms with Gasteiger partial charge in [0.25, 0.3) is 5.56 Å². The predicted octanol–water partition coefficient (Wildman–Crippen LogP) is -0.366. The Bertz CT molecular complexity index is 568. The van der Waals surface area contributed by atoms with E-state index >= 15 is 0 Å². The van der Waals surface area contributed by atoms with Crippen molar-refractivity contribution in [1.82, 2.24) is 4.98 Å². The Morgan fingerprint density at radius 3 is 2.50 bits per heavy atom. The maximum absolute atomic E-state index is 11.2. The zero-order valence-corrected chi connectivity index (χ0v) is 9.54. The molecule has 0 saturated heterocycles. The third kappa shape index (κ3) is 3.00. The number of ether oxygens (including phenoxy) is 1. The molecule has 0 unspecified atom stereocenters. The van der Waals surface area contributed by atoms with Gasteiger partial charge in [-0.15, -0.1) is 0 Å². The van der Waals surface area contributed by atoms with Crippen molar-refractivity contribution < 1.29 is 14.8 Å². The van der Waals surface area contributed by atoms with Gasteiger partial charge in [-0.3, -0.25) is 9.78 Å². The monoisotopic (exact) mass is 245 g/mol. The van der Waals surface area contributed by atoms with E-state index in [4.69, 9.17) is 14.8 Å². The van der Waals surface area contributed by atoms with E-state index in [0.717, 1.165) is 5.56 Å². The molecule has 0 amide bonds. The van der Waals surface area contributed by atoms with Gasteiger partial charge in [-0.25, -0.2) is 0 Å². The summed E-state index contributed by atoms with van der Waals surface area (Å²) in [6.07, 6.45) is 0. The minimum absolute atomic E-state index is 0.0707. The molecule has 18 heavy (non-hydrogen) atoms. The predicted molar refractivity (Wildman–Crippen MR) is 67.7 cm³/mol. The molecular formula is C12H12BNO4. The number of hydrogen-bond acceptors (Lipinski definition) is 4. The minimum Gasteiger partial charge on any atom is -0.474 e. The lowest BCUT2D eigenvalue weighted by atomic mass is 9.81. The van der Waals surface area contributed by atoms with Gasteiger partial charge in [0.1, 0.15) is 6.61 Å². The molecule has 0 atom stereocenters. The molecule has 3 N–H and O–H groups in total. The highest BCUT2D eigenvalue weighted by Gasteiger charge is 2.17. The molecule has 0 radical (unpaired) electrons. The second-order valence-corrected chi connectivity index (χ2v) is 3.75. The Labute approximate surface area is 104 Å².